The average Bonchev–Trinajstić information content (AvgIpc) is 3.47. The number of halogens is 1. The number of anilines is 1. The van der Waals surface area contributed by atoms with E-state index in [2.05, 4.69) is 25.8 Å². The second-order valence-corrected chi connectivity index (χ2v) is 9.73. The lowest BCUT2D eigenvalue weighted by molar-refractivity contribution is -0.119. The van der Waals surface area contributed by atoms with Gasteiger partial charge in [-0.2, -0.15) is 0 Å². The molecule has 1 saturated heterocycles. The Morgan fingerprint density at radius 3 is 2.56 bits per heavy atom. The summed E-state index contributed by atoms with van der Waals surface area (Å²) in [6.45, 7) is 6.05. The van der Waals surface area contributed by atoms with Crippen LogP contribution in [0.3, 0.4) is 0 Å². The molecular weight excluding hydrogens is 518 g/mol. The van der Waals surface area contributed by atoms with E-state index >= 15 is 0 Å². The first-order chi connectivity index (χ1) is 18.9. The summed E-state index contributed by atoms with van der Waals surface area (Å²) in [5.41, 5.74) is 2.85. The van der Waals surface area contributed by atoms with E-state index in [1.165, 1.54) is 19.0 Å². The maximum Gasteiger partial charge on any atom is 0.269 e. The number of pyridine rings is 1. The first-order valence-electron chi connectivity index (χ1n) is 13.0. The summed E-state index contributed by atoms with van der Waals surface area (Å²) in [7, 11) is 1.55. The molecule has 9 nitrogen and oxygen atoms in total. The Labute approximate surface area is 233 Å². The van der Waals surface area contributed by atoms with Gasteiger partial charge < -0.3 is 25.4 Å². The van der Waals surface area contributed by atoms with Gasteiger partial charge in [-0.25, -0.2) is 0 Å². The van der Waals surface area contributed by atoms with Gasteiger partial charge in [0.2, 0.25) is 5.91 Å². The average molecular weight is 552 g/mol. The molecule has 1 aliphatic rings. The smallest absolute Gasteiger partial charge is 0.269 e. The molecule has 0 aliphatic carbocycles. The van der Waals surface area contributed by atoms with Gasteiger partial charge in [0.05, 0.1) is 12.2 Å². The quantitative estimate of drug-likeness (QED) is 0.306. The van der Waals surface area contributed by atoms with Crippen molar-refractivity contribution in [1.82, 2.24) is 20.5 Å². The van der Waals surface area contributed by atoms with E-state index in [0.717, 1.165) is 36.4 Å². The minimum atomic E-state index is -0.284. The lowest BCUT2D eigenvalue weighted by atomic mass is 10.2. The first kappa shape index (κ1) is 28.2. The maximum atomic E-state index is 12.6. The van der Waals surface area contributed by atoms with Crippen LogP contribution in [-0.4, -0.2) is 61.5 Å². The number of benzene rings is 2. The molecule has 3 aromatic rings. The number of nitrogens with zero attached hydrogens (tertiary/aromatic N) is 2. The molecule has 0 atom stereocenters. The van der Waals surface area contributed by atoms with E-state index in [0.29, 0.717) is 35.4 Å². The van der Waals surface area contributed by atoms with E-state index < -0.39 is 0 Å². The third-order valence-electron chi connectivity index (χ3n) is 6.40. The summed E-state index contributed by atoms with van der Waals surface area (Å²) < 4.78 is 11.8. The molecule has 2 aromatic carbocycles. The Balaban J connectivity index is 1.25. The van der Waals surface area contributed by atoms with Gasteiger partial charge in [0, 0.05) is 43.5 Å². The number of carbonyl (C=O) groups excluding carboxylic acids is 2. The van der Waals surface area contributed by atoms with Crippen molar-refractivity contribution in [2.24, 2.45) is 0 Å². The highest BCUT2D eigenvalue weighted by atomic mass is 35.5. The van der Waals surface area contributed by atoms with Crippen LogP contribution in [0.4, 0.5) is 5.69 Å². The molecule has 0 radical (unpaired) electrons. The number of rotatable bonds is 12. The second-order valence-electron chi connectivity index (χ2n) is 9.33. The van der Waals surface area contributed by atoms with Crippen LogP contribution in [0.25, 0.3) is 0 Å². The summed E-state index contributed by atoms with van der Waals surface area (Å²) in [6, 6.07) is 14.3. The first-order valence-corrected chi connectivity index (χ1v) is 13.4. The molecule has 3 N–H and O–H groups in total. The number of aryl methyl sites for hydroxylation is 1. The lowest BCUT2D eigenvalue weighted by Gasteiger charge is -2.18. The summed E-state index contributed by atoms with van der Waals surface area (Å²) in [5.74, 6) is 1.33. The standard InChI is InChI=1S/C29H34ClN5O4/c1-20-15-25(27(17-24(20)30)38-14-13-35-11-3-4-12-35)33-19-28(36)34-18-21-5-7-22(8-6-21)39-23-9-10-32-26(16-23)29(37)31-2/h5-10,15-17,33H,3-4,11-14,18-19H2,1-2H3,(H,31,37)(H,34,36). The van der Waals surface area contributed by atoms with Crippen LogP contribution in [0.1, 0.15) is 34.5 Å². The normalized spacial score (nSPS) is 13.1. The van der Waals surface area contributed by atoms with Gasteiger partial charge in [0.15, 0.2) is 0 Å². The van der Waals surface area contributed by atoms with E-state index in [-0.39, 0.29) is 24.1 Å². The van der Waals surface area contributed by atoms with Crippen LogP contribution in [0.5, 0.6) is 17.2 Å². The number of carbonyl (C=O) groups is 2. The minimum Gasteiger partial charge on any atom is -0.490 e. The third-order valence-corrected chi connectivity index (χ3v) is 6.81. The summed E-state index contributed by atoms with van der Waals surface area (Å²) >= 11 is 6.33. The highest BCUT2D eigenvalue weighted by molar-refractivity contribution is 6.31. The molecule has 0 unspecified atom stereocenters. The van der Waals surface area contributed by atoms with E-state index in [1.807, 2.05) is 37.3 Å². The molecule has 1 aliphatic heterocycles. The van der Waals surface area contributed by atoms with Gasteiger partial charge in [0.1, 0.15) is 29.5 Å². The molecule has 10 heteroatoms. The van der Waals surface area contributed by atoms with E-state index in [9.17, 15) is 9.59 Å². The number of hydrogen-bond donors (Lipinski definition) is 3. The predicted molar refractivity (Wildman–Crippen MR) is 152 cm³/mol. The fourth-order valence-electron chi connectivity index (χ4n) is 4.19. The van der Waals surface area contributed by atoms with Gasteiger partial charge in [-0.1, -0.05) is 23.7 Å². The molecule has 0 bridgehead atoms. The predicted octanol–water partition coefficient (Wildman–Crippen LogP) is 4.40. The van der Waals surface area contributed by atoms with Crippen LogP contribution in [0.2, 0.25) is 5.02 Å². The molecule has 2 heterocycles. The number of hydrogen-bond acceptors (Lipinski definition) is 7. The molecule has 206 valence electrons. The zero-order chi connectivity index (χ0) is 27.6. The number of ether oxygens (including phenoxy) is 2. The van der Waals surface area contributed by atoms with Gasteiger partial charge in [-0.15, -0.1) is 0 Å². The molecule has 4 rings (SSSR count). The SMILES string of the molecule is CNC(=O)c1cc(Oc2ccc(CNC(=O)CNc3cc(C)c(Cl)cc3OCCN3CCCC3)cc2)ccn1. The Kier molecular flexibility index (Phi) is 9.99. The van der Waals surface area contributed by atoms with Gasteiger partial charge >= 0.3 is 0 Å². The Morgan fingerprint density at radius 1 is 1.05 bits per heavy atom. The van der Waals surface area contributed by atoms with Crippen molar-refractivity contribution in [3.8, 4) is 17.2 Å². The summed E-state index contributed by atoms with van der Waals surface area (Å²) in [6.07, 6.45) is 4.00. The van der Waals surface area contributed by atoms with Crippen molar-refractivity contribution in [3.63, 3.8) is 0 Å². The van der Waals surface area contributed by atoms with Crippen molar-refractivity contribution < 1.29 is 19.1 Å². The monoisotopic (exact) mass is 551 g/mol. The fraction of sp³-hybridized carbons (Fsp3) is 0.345. The van der Waals surface area contributed by atoms with Crippen molar-refractivity contribution in [2.45, 2.75) is 26.3 Å². The zero-order valence-corrected chi connectivity index (χ0v) is 23.0. The Bertz CT molecular complexity index is 1280. The van der Waals surface area contributed by atoms with Gasteiger partial charge in [0.25, 0.3) is 5.91 Å². The number of nitrogens with one attached hydrogen (secondary N) is 3. The molecule has 39 heavy (non-hydrogen) atoms. The van der Waals surface area contributed by atoms with E-state index in [1.54, 1.807) is 25.2 Å². The summed E-state index contributed by atoms with van der Waals surface area (Å²) in [4.78, 5) is 30.7. The Morgan fingerprint density at radius 2 is 1.82 bits per heavy atom. The summed E-state index contributed by atoms with van der Waals surface area (Å²) in [5, 5.41) is 9.27. The fourth-order valence-corrected chi connectivity index (χ4v) is 4.34. The molecule has 0 saturated carbocycles. The van der Waals surface area contributed by atoms with Crippen molar-refractivity contribution in [3.05, 3.63) is 76.6 Å². The minimum absolute atomic E-state index is 0.0977. The number of aromatic nitrogens is 1. The number of amides is 2. The van der Waals surface area contributed by atoms with Gasteiger partial charge in [-0.05, 0) is 68.2 Å². The Hall–Kier alpha value is -3.82. The maximum absolute atomic E-state index is 12.6. The van der Waals surface area contributed by atoms with Gasteiger partial charge in [-0.3, -0.25) is 19.5 Å². The molecule has 2 amide bonds. The van der Waals surface area contributed by atoms with Crippen molar-refractivity contribution >= 4 is 29.1 Å². The molecule has 1 fully saturated rings. The topological polar surface area (TPSA) is 105 Å². The van der Waals surface area contributed by atoms with Crippen LogP contribution < -0.4 is 25.4 Å². The van der Waals surface area contributed by atoms with Crippen LogP contribution in [0.15, 0.2) is 54.7 Å². The van der Waals surface area contributed by atoms with Crippen LogP contribution in [-0.2, 0) is 11.3 Å². The third kappa shape index (κ3) is 8.33. The largest absolute Gasteiger partial charge is 0.490 e. The van der Waals surface area contributed by atoms with Crippen LogP contribution in [0, 0.1) is 6.92 Å². The molecular formula is C29H34ClN5O4. The van der Waals surface area contributed by atoms with Crippen molar-refractivity contribution in [2.75, 3.05) is 45.2 Å². The second kappa shape index (κ2) is 13.8. The van der Waals surface area contributed by atoms with Crippen molar-refractivity contribution in [1.29, 1.82) is 0 Å². The molecule has 0 spiro atoms. The highest BCUT2D eigenvalue weighted by Crippen LogP contribution is 2.31. The number of likely N-dealkylation sites (tertiary alicyclic amines) is 1. The van der Waals surface area contributed by atoms with Crippen LogP contribution >= 0.6 is 11.6 Å². The zero-order valence-electron chi connectivity index (χ0n) is 22.3. The van der Waals surface area contributed by atoms with E-state index in [4.69, 9.17) is 21.1 Å². The highest BCUT2D eigenvalue weighted by Gasteiger charge is 2.13. The lowest BCUT2D eigenvalue weighted by Crippen LogP contribution is -2.29. The molecule has 1 aromatic heterocycles.